The average Bonchev–Trinajstić information content (AvgIpc) is 3.17. The van der Waals surface area contributed by atoms with Crippen LogP contribution in [0.25, 0.3) is 82.3 Å². The van der Waals surface area contributed by atoms with Gasteiger partial charge >= 0.3 is 0 Å². The predicted octanol–water partition coefficient (Wildman–Crippen LogP) is 11.5. The normalized spacial score (nSPS) is 10.9. The van der Waals surface area contributed by atoms with E-state index < -0.39 is 0 Å². The van der Waals surface area contributed by atoms with Crippen molar-refractivity contribution >= 4 is 27.2 Å². The van der Waals surface area contributed by atoms with Gasteiger partial charge in [0.15, 0.2) is 0 Å². The molecule has 222 valence electrons. The smallest absolute Gasteiger partial charge is 0.212 e. The van der Waals surface area contributed by atoms with E-state index in [1.54, 1.807) is 30.6 Å². The summed E-state index contributed by atoms with van der Waals surface area (Å²) in [6.07, 6.45) is 3.47. The number of hydrogen-bond acceptors (Lipinski definition) is 3. The fourth-order valence-electron chi connectivity index (χ4n) is 6.69. The highest BCUT2D eigenvalue weighted by molar-refractivity contribution is 6.22. The Balaban J connectivity index is 1.44. The van der Waals surface area contributed by atoms with Crippen LogP contribution in [0.4, 0.5) is 5.69 Å². The van der Waals surface area contributed by atoms with E-state index in [1.807, 2.05) is 36.4 Å². The van der Waals surface area contributed by atoms with Crippen molar-refractivity contribution in [3.8, 4) is 62.0 Å². The molecule has 2 aromatic heterocycles. The van der Waals surface area contributed by atoms with Gasteiger partial charge in [-0.1, -0.05) is 115 Å². The zero-order valence-corrected chi connectivity index (χ0v) is 25.8. The minimum Gasteiger partial charge on any atom is -0.268 e. The predicted molar refractivity (Wildman–Crippen MR) is 195 cm³/mol. The van der Waals surface area contributed by atoms with Crippen molar-refractivity contribution in [2.45, 2.75) is 0 Å². The van der Waals surface area contributed by atoms with Gasteiger partial charge < -0.3 is 0 Å². The molecule has 0 unspecified atom stereocenters. The molecule has 0 radical (unpaired) electrons. The molecule has 6 aromatic carbocycles. The molecule has 4 nitrogen and oxygen atoms in total. The topological polar surface area (TPSA) is 53.9 Å². The SMILES string of the molecule is [C-]#[N+]c1cccnc1-c1cccc(-c2c3ccccc3c(-c3cccc(-c4ncccc4C#N)c3)c3cc(-c4ccccc4)ccc23)c1. The molecule has 0 spiro atoms. The molecule has 0 amide bonds. The van der Waals surface area contributed by atoms with E-state index in [9.17, 15) is 5.26 Å². The van der Waals surface area contributed by atoms with Crippen LogP contribution in [-0.2, 0) is 0 Å². The summed E-state index contributed by atoms with van der Waals surface area (Å²) in [6.45, 7) is 7.72. The van der Waals surface area contributed by atoms with Crippen molar-refractivity contribution in [2.75, 3.05) is 0 Å². The minimum absolute atomic E-state index is 0.527. The number of benzene rings is 6. The van der Waals surface area contributed by atoms with Gasteiger partial charge in [0.05, 0.1) is 23.5 Å². The summed E-state index contributed by atoms with van der Waals surface area (Å²) in [6, 6.07) is 51.9. The van der Waals surface area contributed by atoms with E-state index in [1.165, 1.54) is 0 Å². The number of hydrogen-bond donors (Lipinski definition) is 0. The molecule has 8 aromatic rings. The van der Waals surface area contributed by atoms with Crippen molar-refractivity contribution in [1.82, 2.24) is 9.97 Å². The van der Waals surface area contributed by atoms with Gasteiger partial charge in [0, 0.05) is 18.0 Å². The summed E-state index contributed by atoms with van der Waals surface area (Å²) in [7, 11) is 0. The Morgan fingerprint density at radius 3 is 1.71 bits per heavy atom. The van der Waals surface area contributed by atoms with Gasteiger partial charge in [-0.2, -0.15) is 5.26 Å². The standard InChI is InChI=1S/C44H26N4/c1-46-40-20-10-24-48-44(40)34-16-8-13-31(26-34)41-36-18-5-6-19-37(36)42(39-27-30(21-22-38(39)41)29-11-3-2-4-12-29)32-14-7-15-33(25-32)43-35(28-45)17-9-23-47-43/h2-27H. The fraction of sp³-hybridized carbons (Fsp3) is 0. The molecule has 0 bridgehead atoms. The third kappa shape index (κ3) is 4.95. The van der Waals surface area contributed by atoms with E-state index in [0.717, 1.165) is 66.1 Å². The Hall–Kier alpha value is -6.88. The van der Waals surface area contributed by atoms with Gasteiger partial charge in [-0.15, -0.1) is 0 Å². The van der Waals surface area contributed by atoms with E-state index in [4.69, 9.17) is 6.57 Å². The Morgan fingerprint density at radius 2 is 1.02 bits per heavy atom. The fourth-order valence-corrected chi connectivity index (χ4v) is 6.69. The Kier molecular flexibility index (Phi) is 7.23. The maximum Gasteiger partial charge on any atom is 0.212 e. The lowest BCUT2D eigenvalue weighted by Gasteiger charge is -2.19. The first kappa shape index (κ1) is 28.6. The van der Waals surface area contributed by atoms with Crippen molar-refractivity contribution in [3.05, 3.63) is 175 Å². The molecule has 48 heavy (non-hydrogen) atoms. The second kappa shape index (κ2) is 12.1. The van der Waals surface area contributed by atoms with Gasteiger partial charge in [-0.3, -0.25) is 9.97 Å². The lowest BCUT2D eigenvalue weighted by Crippen LogP contribution is -1.93. The number of nitrogens with zero attached hydrogens (tertiary/aromatic N) is 4. The lowest BCUT2D eigenvalue weighted by atomic mass is 9.84. The van der Waals surface area contributed by atoms with Crippen LogP contribution in [0.1, 0.15) is 5.56 Å². The molecule has 8 rings (SSSR count). The van der Waals surface area contributed by atoms with E-state index >= 15 is 0 Å². The maximum absolute atomic E-state index is 9.84. The molecule has 0 saturated heterocycles. The molecule has 0 saturated carbocycles. The quantitative estimate of drug-likeness (QED) is 0.144. The average molecular weight is 611 g/mol. The first-order valence-electron chi connectivity index (χ1n) is 15.7. The summed E-state index contributed by atoms with van der Waals surface area (Å²) in [5, 5.41) is 14.3. The lowest BCUT2D eigenvalue weighted by molar-refractivity contribution is 1.30. The van der Waals surface area contributed by atoms with Gasteiger partial charge in [-0.05, 0) is 90.8 Å². The second-order valence-electron chi connectivity index (χ2n) is 11.6. The van der Waals surface area contributed by atoms with Crippen molar-refractivity contribution in [3.63, 3.8) is 0 Å². The van der Waals surface area contributed by atoms with Crippen LogP contribution in [0, 0.1) is 17.9 Å². The van der Waals surface area contributed by atoms with Gasteiger partial charge in [-0.25, -0.2) is 4.85 Å². The zero-order chi connectivity index (χ0) is 32.5. The Morgan fingerprint density at radius 1 is 0.458 bits per heavy atom. The molecule has 4 heteroatoms. The molecule has 0 fully saturated rings. The van der Waals surface area contributed by atoms with E-state index in [0.29, 0.717) is 22.6 Å². The number of aromatic nitrogens is 2. The van der Waals surface area contributed by atoms with Crippen molar-refractivity contribution < 1.29 is 0 Å². The largest absolute Gasteiger partial charge is 0.268 e. The summed E-state index contributed by atoms with van der Waals surface area (Å²) in [5.74, 6) is 0. The number of pyridine rings is 2. The summed E-state index contributed by atoms with van der Waals surface area (Å²) in [5.41, 5.74) is 10.8. The number of nitriles is 1. The highest BCUT2D eigenvalue weighted by atomic mass is 14.8. The summed E-state index contributed by atoms with van der Waals surface area (Å²) in [4.78, 5) is 12.9. The highest BCUT2D eigenvalue weighted by Crippen LogP contribution is 2.46. The van der Waals surface area contributed by atoms with Crippen LogP contribution in [0.2, 0.25) is 0 Å². The van der Waals surface area contributed by atoms with Gasteiger partial charge in [0.1, 0.15) is 6.07 Å². The molecule has 0 aliphatic carbocycles. The molecular formula is C44H26N4. The van der Waals surface area contributed by atoms with Crippen LogP contribution in [0.5, 0.6) is 0 Å². The zero-order valence-electron chi connectivity index (χ0n) is 25.8. The first-order valence-corrected chi connectivity index (χ1v) is 15.7. The molecule has 2 heterocycles. The third-order valence-corrected chi connectivity index (χ3v) is 8.82. The van der Waals surface area contributed by atoms with Crippen molar-refractivity contribution in [1.29, 1.82) is 5.26 Å². The maximum atomic E-state index is 9.84. The third-order valence-electron chi connectivity index (χ3n) is 8.82. The number of fused-ring (bicyclic) bond motifs is 2. The van der Waals surface area contributed by atoms with Crippen LogP contribution in [0.3, 0.4) is 0 Å². The van der Waals surface area contributed by atoms with Crippen LogP contribution >= 0.6 is 0 Å². The summed E-state index contributed by atoms with van der Waals surface area (Å²) >= 11 is 0. The van der Waals surface area contributed by atoms with Gasteiger partial charge in [0.25, 0.3) is 0 Å². The van der Waals surface area contributed by atoms with Crippen LogP contribution in [0.15, 0.2) is 158 Å². The Bertz CT molecular complexity index is 2590. The molecule has 0 N–H and O–H groups in total. The number of rotatable bonds is 5. The Labute approximate surface area is 278 Å². The molecular weight excluding hydrogens is 585 g/mol. The second-order valence-corrected chi connectivity index (χ2v) is 11.6. The molecule has 0 aliphatic heterocycles. The molecule has 0 atom stereocenters. The van der Waals surface area contributed by atoms with Crippen molar-refractivity contribution in [2.24, 2.45) is 0 Å². The molecule has 0 aliphatic rings. The van der Waals surface area contributed by atoms with E-state index in [2.05, 4.69) is 112 Å². The van der Waals surface area contributed by atoms with Crippen LogP contribution < -0.4 is 0 Å². The van der Waals surface area contributed by atoms with Crippen LogP contribution in [-0.4, -0.2) is 9.97 Å². The minimum atomic E-state index is 0.527. The highest BCUT2D eigenvalue weighted by Gasteiger charge is 2.19. The monoisotopic (exact) mass is 610 g/mol. The van der Waals surface area contributed by atoms with Gasteiger partial charge in [0.2, 0.25) is 5.69 Å². The summed E-state index contributed by atoms with van der Waals surface area (Å²) < 4.78 is 0. The van der Waals surface area contributed by atoms with E-state index in [-0.39, 0.29) is 0 Å². The first-order chi connectivity index (χ1) is 23.7.